The molecule has 3 saturated carbocycles. The van der Waals surface area contributed by atoms with Crippen molar-refractivity contribution >= 4 is 12.6 Å². The van der Waals surface area contributed by atoms with Crippen molar-refractivity contribution in [2.24, 2.45) is 46.3 Å². The molecule has 4 aliphatic rings. The van der Waals surface area contributed by atoms with Crippen molar-refractivity contribution in [2.45, 2.75) is 110 Å². The second-order valence-corrected chi connectivity index (χ2v) is 12.9. The third-order valence-corrected chi connectivity index (χ3v) is 11.1. The molecule has 1 N–H and O–H groups in total. The van der Waals surface area contributed by atoms with E-state index in [0.29, 0.717) is 10.7 Å². The Kier molecular flexibility index (Phi) is 6.29. The molecule has 0 heterocycles. The van der Waals surface area contributed by atoms with Crippen LogP contribution in [0.5, 0.6) is 0 Å². The molecule has 0 saturated heterocycles. The molecular weight excluding hydrogens is 372 g/mol. The number of allylic oxidation sites excluding steroid dienone is 1. The summed E-state index contributed by atoms with van der Waals surface area (Å²) in [5.74, 6) is 5.19. The van der Waals surface area contributed by atoms with Gasteiger partial charge in [0.2, 0.25) is 0 Å². The van der Waals surface area contributed by atoms with Crippen LogP contribution >= 0.6 is 12.6 Å². The second kappa shape index (κ2) is 8.19. The first kappa shape index (κ1) is 22.3. The molecule has 1 unspecified atom stereocenters. The van der Waals surface area contributed by atoms with Gasteiger partial charge in [-0.15, -0.1) is 0 Å². The SMILES string of the molecule is CC(C)CCC[C@@H](C)[C@H]1CC[C@H]2[C@@H]3CC=C4C[C@@H](O)CC(S)[C@]4(C)[C@H]3CC[C@]12C. The topological polar surface area (TPSA) is 20.2 Å². The molecule has 4 aliphatic carbocycles. The van der Waals surface area contributed by atoms with Crippen LogP contribution in [0.4, 0.5) is 0 Å². The fourth-order valence-corrected chi connectivity index (χ4v) is 9.33. The Labute approximate surface area is 185 Å². The Morgan fingerprint density at radius 3 is 2.59 bits per heavy atom. The van der Waals surface area contributed by atoms with Gasteiger partial charge in [0.05, 0.1) is 6.10 Å². The molecule has 0 aliphatic heterocycles. The first-order chi connectivity index (χ1) is 13.7. The maximum atomic E-state index is 10.3. The van der Waals surface area contributed by atoms with Gasteiger partial charge >= 0.3 is 0 Å². The van der Waals surface area contributed by atoms with Crippen LogP contribution < -0.4 is 0 Å². The summed E-state index contributed by atoms with van der Waals surface area (Å²) in [6, 6.07) is 0. The molecule has 0 aromatic carbocycles. The monoisotopic (exact) mass is 418 g/mol. The van der Waals surface area contributed by atoms with Gasteiger partial charge in [0, 0.05) is 10.7 Å². The van der Waals surface area contributed by atoms with Crippen molar-refractivity contribution in [3.8, 4) is 0 Å². The molecule has 1 nitrogen and oxygen atoms in total. The molecule has 0 amide bonds. The second-order valence-electron chi connectivity index (χ2n) is 12.3. The average molecular weight is 419 g/mol. The highest BCUT2D eigenvalue weighted by molar-refractivity contribution is 7.81. The quantitative estimate of drug-likeness (QED) is 0.354. The normalized spacial score (nSPS) is 47.9. The summed E-state index contributed by atoms with van der Waals surface area (Å²) in [4.78, 5) is 0. The largest absolute Gasteiger partial charge is 0.393 e. The van der Waals surface area contributed by atoms with Crippen LogP contribution in [0.1, 0.15) is 98.8 Å². The van der Waals surface area contributed by atoms with Gasteiger partial charge in [-0.05, 0) is 85.9 Å². The summed E-state index contributed by atoms with van der Waals surface area (Å²) < 4.78 is 0. The summed E-state index contributed by atoms with van der Waals surface area (Å²) in [6.45, 7) is 12.5. The lowest BCUT2D eigenvalue weighted by Crippen LogP contribution is -2.54. The van der Waals surface area contributed by atoms with Crippen molar-refractivity contribution < 1.29 is 5.11 Å². The molecule has 0 aromatic heterocycles. The van der Waals surface area contributed by atoms with E-state index in [0.717, 1.165) is 48.3 Å². The van der Waals surface area contributed by atoms with Gasteiger partial charge < -0.3 is 5.11 Å². The fourth-order valence-electron chi connectivity index (χ4n) is 8.73. The predicted molar refractivity (Wildman–Crippen MR) is 127 cm³/mol. The molecule has 9 atom stereocenters. The maximum Gasteiger partial charge on any atom is 0.0588 e. The average Bonchev–Trinajstić information content (AvgIpc) is 3.00. The molecule has 0 radical (unpaired) electrons. The van der Waals surface area contributed by atoms with Gasteiger partial charge in [0.25, 0.3) is 0 Å². The van der Waals surface area contributed by atoms with Crippen molar-refractivity contribution in [2.75, 3.05) is 0 Å². The molecule has 4 rings (SSSR count). The predicted octanol–water partition coefficient (Wildman–Crippen LogP) is 7.30. The Morgan fingerprint density at radius 2 is 1.86 bits per heavy atom. The van der Waals surface area contributed by atoms with Crippen LogP contribution in [0.3, 0.4) is 0 Å². The zero-order valence-corrected chi connectivity index (χ0v) is 20.6. The Morgan fingerprint density at radius 1 is 1.10 bits per heavy atom. The minimum Gasteiger partial charge on any atom is -0.393 e. The van der Waals surface area contributed by atoms with Gasteiger partial charge in [-0.25, -0.2) is 0 Å². The van der Waals surface area contributed by atoms with E-state index < -0.39 is 0 Å². The zero-order valence-electron chi connectivity index (χ0n) is 19.7. The van der Waals surface area contributed by atoms with Crippen molar-refractivity contribution in [3.05, 3.63) is 11.6 Å². The van der Waals surface area contributed by atoms with Crippen LogP contribution in [0.25, 0.3) is 0 Å². The number of hydrogen-bond donors (Lipinski definition) is 2. The van der Waals surface area contributed by atoms with E-state index in [1.165, 1.54) is 56.9 Å². The Balaban J connectivity index is 1.52. The molecular formula is C27H46OS. The summed E-state index contributed by atoms with van der Waals surface area (Å²) in [5.41, 5.74) is 2.31. The van der Waals surface area contributed by atoms with E-state index >= 15 is 0 Å². The van der Waals surface area contributed by atoms with E-state index in [9.17, 15) is 5.11 Å². The van der Waals surface area contributed by atoms with Gasteiger partial charge in [-0.1, -0.05) is 65.5 Å². The maximum absolute atomic E-state index is 10.3. The van der Waals surface area contributed by atoms with Crippen LogP contribution in [0.15, 0.2) is 11.6 Å². The summed E-state index contributed by atoms with van der Waals surface area (Å²) in [5, 5.41) is 10.7. The number of aliphatic hydroxyl groups excluding tert-OH is 1. The minimum atomic E-state index is -0.176. The zero-order chi connectivity index (χ0) is 21.0. The highest BCUT2D eigenvalue weighted by atomic mass is 32.1. The fraction of sp³-hybridized carbons (Fsp3) is 0.926. The third-order valence-electron chi connectivity index (χ3n) is 10.4. The third kappa shape index (κ3) is 3.67. The van der Waals surface area contributed by atoms with Crippen molar-refractivity contribution in [1.82, 2.24) is 0 Å². The molecule has 0 aromatic rings. The van der Waals surface area contributed by atoms with E-state index in [2.05, 4.69) is 40.7 Å². The number of fused-ring (bicyclic) bond motifs is 5. The summed E-state index contributed by atoms with van der Waals surface area (Å²) in [7, 11) is 0. The van der Waals surface area contributed by atoms with E-state index in [1.54, 1.807) is 0 Å². The van der Waals surface area contributed by atoms with Crippen LogP contribution in [-0.2, 0) is 0 Å². The summed E-state index contributed by atoms with van der Waals surface area (Å²) >= 11 is 5.07. The molecule has 3 fully saturated rings. The van der Waals surface area contributed by atoms with E-state index in [4.69, 9.17) is 12.6 Å². The Hall–Kier alpha value is 0.0500. The van der Waals surface area contributed by atoms with Gasteiger partial charge in [-0.3, -0.25) is 0 Å². The highest BCUT2D eigenvalue weighted by Gasteiger charge is 2.60. The van der Waals surface area contributed by atoms with E-state index in [1.807, 2.05) is 0 Å². The van der Waals surface area contributed by atoms with E-state index in [-0.39, 0.29) is 11.5 Å². The first-order valence-corrected chi connectivity index (χ1v) is 13.2. The first-order valence-electron chi connectivity index (χ1n) is 12.7. The van der Waals surface area contributed by atoms with Crippen LogP contribution in [0, 0.1) is 46.3 Å². The molecule has 0 bridgehead atoms. The van der Waals surface area contributed by atoms with Gasteiger partial charge in [-0.2, -0.15) is 12.6 Å². The van der Waals surface area contributed by atoms with Gasteiger partial charge in [0.1, 0.15) is 0 Å². The standard InChI is InChI=1S/C27H46OS/c1-17(2)7-6-8-18(3)22-11-12-23-21-10-9-19-15-20(28)16-25(29)27(19,5)24(21)13-14-26(22,23)4/h9,17-18,20-25,28-29H,6-8,10-16H2,1-5H3/t18-,20-,21+,22-,23+,24+,25?,26-,27+/m1/s1. The van der Waals surface area contributed by atoms with Crippen LogP contribution in [-0.4, -0.2) is 16.5 Å². The van der Waals surface area contributed by atoms with Crippen LogP contribution in [0.2, 0.25) is 0 Å². The smallest absolute Gasteiger partial charge is 0.0588 e. The molecule has 2 heteroatoms. The lowest BCUT2D eigenvalue weighted by atomic mass is 9.46. The number of hydrogen-bond acceptors (Lipinski definition) is 2. The lowest BCUT2D eigenvalue weighted by Gasteiger charge is -2.60. The molecule has 166 valence electrons. The van der Waals surface area contributed by atoms with Crippen molar-refractivity contribution in [3.63, 3.8) is 0 Å². The van der Waals surface area contributed by atoms with Crippen molar-refractivity contribution in [1.29, 1.82) is 0 Å². The molecule has 29 heavy (non-hydrogen) atoms. The number of aliphatic hydroxyl groups is 1. The van der Waals surface area contributed by atoms with Gasteiger partial charge in [0.15, 0.2) is 0 Å². The minimum absolute atomic E-state index is 0.176. The lowest BCUT2D eigenvalue weighted by molar-refractivity contribution is -0.0547. The highest BCUT2D eigenvalue weighted by Crippen LogP contribution is 2.67. The number of rotatable bonds is 5. The summed E-state index contributed by atoms with van der Waals surface area (Å²) in [6.07, 6.45) is 15.4. The number of thiol groups is 1. The molecule has 0 spiro atoms. The Bertz CT molecular complexity index is 626.